The van der Waals surface area contributed by atoms with Gasteiger partial charge in [-0.05, 0) is 72.5 Å². The first-order valence-corrected chi connectivity index (χ1v) is 22.0. The highest BCUT2D eigenvalue weighted by atomic mass is 35.5. The van der Waals surface area contributed by atoms with Gasteiger partial charge in [0.05, 0.1) is 20.0 Å². The minimum Gasteiger partial charge on any atom is -0.370 e. The fraction of sp³-hybridized carbons (Fsp3) is 0.242. The van der Waals surface area contributed by atoms with Gasteiger partial charge in [-0.2, -0.15) is 0 Å². The van der Waals surface area contributed by atoms with Crippen LogP contribution in [-0.4, -0.2) is 70.4 Å². The minimum atomic E-state index is -3.63. The maximum atomic E-state index is 12.6. The standard InChI is InChI=1S/C20H19N5O2S3.C13H14ClN3O2S2/c26-30(27,24-20-22-9-12-28-20)15-5-6-17-14(13-15)7-10-25(17)11-8-21-19-23-16-3-1-2-4-18(16)29-19;14-4-7-17-6-3-10-9-11(1-2-12(10)17)21(18,19)16-13-15-5-8-20-13/h1-6,9,12-13H,7-8,10-11H2,(H,21,23)(H,22,24);1-2,5,8-9H,3-4,6-7H2,(H,15,16). The molecule has 3 aromatic heterocycles. The van der Waals surface area contributed by atoms with Gasteiger partial charge in [0.15, 0.2) is 15.4 Å². The smallest absolute Gasteiger partial charge is 0.263 e. The van der Waals surface area contributed by atoms with Gasteiger partial charge in [-0.15, -0.1) is 34.3 Å². The average Bonchev–Trinajstić information content (AvgIpc) is 3.97. The van der Waals surface area contributed by atoms with Gasteiger partial charge >= 0.3 is 0 Å². The summed E-state index contributed by atoms with van der Waals surface area (Å²) in [6.45, 7) is 4.13. The molecule has 0 unspecified atom stereocenters. The summed E-state index contributed by atoms with van der Waals surface area (Å²) < 4.78 is 56.1. The number of alkyl halides is 1. The van der Waals surface area contributed by atoms with Crippen molar-refractivity contribution < 1.29 is 16.8 Å². The molecule has 51 heavy (non-hydrogen) atoms. The third-order valence-corrected chi connectivity index (χ3v) is 13.8. The summed E-state index contributed by atoms with van der Waals surface area (Å²) in [4.78, 5) is 17.5. The van der Waals surface area contributed by atoms with Gasteiger partial charge < -0.3 is 15.1 Å². The summed E-state index contributed by atoms with van der Waals surface area (Å²) in [6.07, 6.45) is 4.81. The zero-order valence-corrected chi connectivity index (χ0v) is 31.9. The van der Waals surface area contributed by atoms with Crippen LogP contribution in [0.5, 0.6) is 0 Å². The van der Waals surface area contributed by atoms with E-state index in [4.69, 9.17) is 11.6 Å². The Morgan fingerprint density at radius 3 is 1.82 bits per heavy atom. The molecule has 0 bridgehead atoms. The molecule has 6 aromatic rings. The summed E-state index contributed by atoms with van der Waals surface area (Å²) in [5, 5.41) is 8.54. The number of fused-ring (bicyclic) bond motifs is 3. The minimum absolute atomic E-state index is 0.268. The maximum Gasteiger partial charge on any atom is 0.263 e. The summed E-state index contributed by atoms with van der Waals surface area (Å²) in [5.41, 5.74) is 5.27. The monoisotopic (exact) mass is 800 g/mol. The normalized spacial score (nSPS) is 13.8. The lowest BCUT2D eigenvalue weighted by Crippen LogP contribution is -2.27. The number of sulfonamides is 2. The summed E-state index contributed by atoms with van der Waals surface area (Å²) >= 11 is 9.94. The van der Waals surface area contributed by atoms with Crippen LogP contribution in [-0.2, 0) is 32.9 Å². The van der Waals surface area contributed by atoms with E-state index in [9.17, 15) is 16.8 Å². The van der Waals surface area contributed by atoms with Gasteiger partial charge in [-0.25, -0.2) is 31.8 Å². The Hall–Kier alpha value is -4.00. The molecule has 0 aliphatic carbocycles. The molecule has 0 amide bonds. The second kappa shape index (κ2) is 15.3. The van der Waals surface area contributed by atoms with E-state index < -0.39 is 20.0 Å². The van der Waals surface area contributed by atoms with Crippen LogP contribution < -0.4 is 24.6 Å². The number of anilines is 5. The number of hydrogen-bond acceptors (Lipinski definition) is 13. The predicted octanol–water partition coefficient (Wildman–Crippen LogP) is 6.57. The third kappa shape index (κ3) is 8.23. The molecule has 0 atom stereocenters. The maximum absolute atomic E-state index is 12.6. The molecule has 8 rings (SSSR count). The van der Waals surface area contributed by atoms with Crippen LogP contribution >= 0.6 is 45.6 Å². The van der Waals surface area contributed by atoms with Crippen LogP contribution in [0.4, 0.5) is 26.8 Å². The van der Waals surface area contributed by atoms with Gasteiger partial charge in [0, 0.05) is 73.1 Å². The average molecular weight is 801 g/mol. The summed E-state index contributed by atoms with van der Waals surface area (Å²) in [7, 11) is -7.21. The van der Waals surface area contributed by atoms with E-state index in [2.05, 4.69) is 45.6 Å². The molecule has 0 radical (unpaired) electrons. The molecule has 0 saturated carbocycles. The Labute approximate surface area is 313 Å². The van der Waals surface area contributed by atoms with Crippen molar-refractivity contribution in [1.82, 2.24) is 15.0 Å². The topological polar surface area (TPSA) is 150 Å². The number of thiazole rings is 3. The first-order chi connectivity index (χ1) is 24.7. The lowest BCUT2D eigenvalue weighted by Gasteiger charge is -2.19. The SMILES string of the molecule is O=S(=O)(Nc1nccs1)c1ccc2c(c1)CCN2CCCl.O=S(=O)(Nc1nccs1)c1ccc2c(c1)CCN2CCNc1nc2ccccc2s1. The van der Waals surface area contributed by atoms with E-state index in [1.807, 2.05) is 30.3 Å². The molecule has 266 valence electrons. The predicted molar refractivity (Wildman–Crippen MR) is 209 cm³/mol. The van der Waals surface area contributed by atoms with Gasteiger partial charge in [-0.3, -0.25) is 9.44 Å². The van der Waals surface area contributed by atoms with Gasteiger partial charge in [0.1, 0.15) is 0 Å². The van der Waals surface area contributed by atoms with Gasteiger partial charge in [0.25, 0.3) is 20.0 Å². The lowest BCUT2D eigenvalue weighted by atomic mass is 10.2. The number of hydrogen-bond donors (Lipinski definition) is 3. The van der Waals surface area contributed by atoms with Crippen molar-refractivity contribution in [3.63, 3.8) is 0 Å². The van der Waals surface area contributed by atoms with Crippen molar-refractivity contribution in [3.05, 3.63) is 94.9 Å². The summed E-state index contributed by atoms with van der Waals surface area (Å²) in [6, 6.07) is 18.6. The van der Waals surface area contributed by atoms with Crippen molar-refractivity contribution in [1.29, 1.82) is 0 Å². The van der Waals surface area contributed by atoms with E-state index in [-0.39, 0.29) is 9.79 Å². The Kier molecular flexibility index (Phi) is 10.6. The molecular weight excluding hydrogens is 768 g/mol. The fourth-order valence-corrected chi connectivity index (χ4v) is 10.7. The Morgan fingerprint density at radius 2 is 1.29 bits per heavy atom. The number of aromatic nitrogens is 3. The number of benzene rings is 3. The Bertz CT molecular complexity index is 2300. The number of nitrogens with zero attached hydrogens (tertiary/aromatic N) is 5. The molecule has 0 saturated heterocycles. The number of nitrogens with one attached hydrogen (secondary N) is 3. The number of halogens is 1. The highest BCUT2D eigenvalue weighted by Crippen LogP contribution is 2.32. The molecule has 12 nitrogen and oxygen atoms in total. The van der Waals surface area contributed by atoms with Gasteiger partial charge in [0.2, 0.25) is 0 Å². The summed E-state index contributed by atoms with van der Waals surface area (Å²) in [5.74, 6) is 0.561. The van der Waals surface area contributed by atoms with Crippen LogP contribution in [0, 0.1) is 0 Å². The zero-order valence-electron chi connectivity index (χ0n) is 27.0. The fourth-order valence-electron chi connectivity index (χ4n) is 5.93. The van der Waals surface area contributed by atoms with Crippen molar-refractivity contribution in [3.8, 4) is 0 Å². The highest BCUT2D eigenvalue weighted by Gasteiger charge is 2.24. The number of rotatable bonds is 12. The van der Waals surface area contributed by atoms with Crippen LogP contribution in [0.25, 0.3) is 10.2 Å². The largest absolute Gasteiger partial charge is 0.370 e. The van der Waals surface area contributed by atoms with E-state index in [0.29, 0.717) is 16.1 Å². The van der Waals surface area contributed by atoms with Crippen LogP contribution in [0.1, 0.15) is 11.1 Å². The number of para-hydroxylation sites is 1. The highest BCUT2D eigenvalue weighted by molar-refractivity contribution is 7.93. The molecule has 3 aromatic carbocycles. The lowest BCUT2D eigenvalue weighted by molar-refractivity contribution is 0.599. The first kappa shape index (κ1) is 35.4. The van der Waals surface area contributed by atoms with Crippen molar-refractivity contribution >= 4 is 103 Å². The molecule has 0 fully saturated rings. The van der Waals surface area contributed by atoms with E-state index in [1.165, 1.54) is 27.4 Å². The van der Waals surface area contributed by atoms with Crippen molar-refractivity contribution in [2.24, 2.45) is 0 Å². The second-order valence-electron chi connectivity index (χ2n) is 11.5. The molecule has 0 spiro atoms. The second-order valence-corrected chi connectivity index (χ2v) is 18.1. The third-order valence-electron chi connectivity index (χ3n) is 8.32. The molecule has 3 N–H and O–H groups in total. The van der Waals surface area contributed by atoms with Crippen molar-refractivity contribution in [2.75, 3.05) is 63.2 Å². The van der Waals surface area contributed by atoms with Crippen molar-refractivity contribution in [2.45, 2.75) is 22.6 Å². The molecule has 5 heterocycles. The zero-order chi connectivity index (χ0) is 35.4. The molecule has 18 heteroatoms. The van der Waals surface area contributed by atoms with E-state index in [1.54, 1.807) is 58.8 Å². The quantitative estimate of drug-likeness (QED) is 0.116. The molecule has 2 aliphatic rings. The van der Waals surface area contributed by atoms with Crippen LogP contribution in [0.15, 0.2) is 93.6 Å². The van der Waals surface area contributed by atoms with Gasteiger partial charge in [-0.1, -0.05) is 23.5 Å². The van der Waals surface area contributed by atoms with Crippen LogP contribution in [0.3, 0.4) is 0 Å². The van der Waals surface area contributed by atoms with E-state index in [0.717, 1.165) is 78.7 Å². The Balaban J connectivity index is 0.000000170. The van der Waals surface area contributed by atoms with E-state index >= 15 is 0 Å². The first-order valence-electron chi connectivity index (χ1n) is 15.9. The molecule has 2 aliphatic heterocycles. The Morgan fingerprint density at radius 1 is 0.725 bits per heavy atom. The van der Waals surface area contributed by atoms with Crippen LogP contribution in [0.2, 0.25) is 0 Å². The molecular formula is C33H33ClN8O4S5.